The van der Waals surface area contributed by atoms with E-state index in [9.17, 15) is 9.59 Å². The quantitative estimate of drug-likeness (QED) is 0.823. The molecule has 0 fully saturated rings. The van der Waals surface area contributed by atoms with Gasteiger partial charge in [0.05, 0.1) is 5.41 Å². The number of nitrogens with two attached hydrogens (primary N) is 1. The summed E-state index contributed by atoms with van der Waals surface area (Å²) in [5, 5.41) is 2.64. The van der Waals surface area contributed by atoms with Crippen LogP contribution in [0.4, 0.5) is 0 Å². The summed E-state index contributed by atoms with van der Waals surface area (Å²) < 4.78 is 5.40. The summed E-state index contributed by atoms with van der Waals surface area (Å²) in [6.45, 7) is 7.46. The van der Waals surface area contributed by atoms with Gasteiger partial charge in [0.2, 0.25) is 5.91 Å². The first-order valence-corrected chi connectivity index (χ1v) is 6.49. The molecule has 0 unspecified atom stereocenters. The van der Waals surface area contributed by atoms with Gasteiger partial charge in [0.15, 0.2) is 6.61 Å². The average molecular weight is 278 g/mol. The molecule has 1 aromatic rings. The Hall–Kier alpha value is -2.04. The Labute approximate surface area is 119 Å². The van der Waals surface area contributed by atoms with Gasteiger partial charge in [0, 0.05) is 6.54 Å². The van der Waals surface area contributed by atoms with E-state index in [0.717, 1.165) is 5.56 Å². The highest BCUT2D eigenvalue weighted by molar-refractivity contribution is 5.82. The number of amides is 2. The SMILES string of the molecule is Cc1ccc(OCC(=O)NCC(C)(C)C(N)=O)cc1C. The molecule has 1 aromatic carbocycles. The number of primary amides is 1. The highest BCUT2D eigenvalue weighted by atomic mass is 16.5. The second-order valence-electron chi connectivity index (χ2n) is 5.56. The van der Waals surface area contributed by atoms with Crippen LogP contribution in [0.1, 0.15) is 25.0 Å². The van der Waals surface area contributed by atoms with E-state index in [1.54, 1.807) is 13.8 Å². The summed E-state index contributed by atoms with van der Waals surface area (Å²) in [7, 11) is 0. The van der Waals surface area contributed by atoms with E-state index in [-0.39, 0.29) is 19.1 Å². The van der Waals surface area contributed by atoms with Crippen molar-refractivity contribution in [2.45, 2.75) is 27.7 Å². The summed E-state index contributed by atoms with van der Waals surface area (Å²) in [5.74, 6) is -0.0807. The van der Waals surface area contributed by atoms with E-state index in [2.05, 4.69) is 5.32 Å². The predicted molar refractivity (Wildman–Crippen MR) is 77.4 cm³/mol. The summed E-state index contributed by atoms with van der Waals surface area (Å²) in [5.41, 5.74) is 6.74. The molecule has 0 aliphatic heterocycles. The monoisotopic (exact) mass is 278 g/mol. The van der Waals surface area contributed by atoms with E-state index < -0.39 is 11.3 Å². The summed E-state index contributed by atoms with van der Waals surface area (Å²) >= 11 is 0. The fourth-order valence-corrected chi connectivity index (χ4v) is 1.41. The first-order chi connectivity index (χ1) is 9.22. The van der Waals surface area contributed by atoms with Crippen LogP contribution in [0.25, 0.3) is 0 Å². The number of carbonyl (C=O) groups excluding carboxylic acids is 2. The molecular weight excluding hydrogens is 256 g/mol. The fraction of sp³-hybridized carbons (Fsp3) is 0.467. The van der Waals surface area contributed by atoms with Gasteiger partial charge in [-0.25, -0.2) is 0 Å². The minimum absolute atomic E-state index is 0.0860. The zero-order valence-electron chi connectivity index (χ0n) is 12.4. The maximum Gasteiger partial charge on any atom is 0.257 e. The third kappa shape index (κ3) is 4.57. The molecule has 0 aliphatic carbocycles. The number of benzene rings is 1. The van der Waals surface area contributed by atoms with Crippen molar-refractivity contribution in [2.75, 3.05) is 13.2 Å². The van der Waals surface area contributed by atoms with Crippen LogP contribution in [0.2, 0.25) is 0 Å². The lowest BCUT2D eigenvalue weighted by molar-refractivity contribution is -0.127. The number of aryl methyl sites for hydroxylation is 2. The molecule has 0 spiro atoms. The van der Waals surface area contributed by atoms with Crippen LogP contribution >= 0.6 is 0 Å². The van der Waals surface area contributed by atoms with Gasteiger partial charge in [0.25, 0.3) is 5.91 Å². The molecule has 2 amide bonds. The third-order valence-corrected chi connectivity index (χ3v) is 3.24. The van der Waals surface area contributed by atoms with Gasteiger partial charge in [0.1, 0.15) is 5.75 Å². The number of hydrogen-bond acceptors (Lipinski definition) is 3. The maximum atomic E-state index is 11.6. The van der Waals surface area contributed by atoms with E-state index in [1.165, 1.54) is 5.56 Å². The minimum Gasteiger partial charge on any atom is -0.484 e. The minimum atomic E-state index is -0.768. The predicted octanol–water partition coefficient (Wildman–Crippen LogP) is 1.31. The summed E-state index contributed by atoms with van der Waals surface area (Å²) in [6, 6.07) is 5.65. The Bertz CT molecular complexity index is 510. The molecular formula is C15H22N2O3. The zero-order valence-corrected chi connectivity index (χ0v) is 12.4. The Morgan fingerprint density at radius 2 is 1.90 bits per heavy atom. The van der Waals surface area contributed by atoms with Gasteiger partial charge in [-0.05, 0) is 51.0 Å². The number of hydrogen-bond donors (Lipinski definition) is 2. The highest BCUT2D eigenvalue weighted by Gasteiger charge is 2.25. The molecule has 0 bridgehead atoms. The average Bonchev–Trinajstić information content (AvgIpc) is 2.37. The maximum absolute atomic E-state index is 11.6. The van der Waals surface area contributed by atoms with Crippen LogP contribution < -0.4 is 15.8 Å². The number of ether oxygens (including phenoxy) is 1. The lowest BCUT2D eigenvalue weighted by Gasteiger charge is -2.20. The van der Waals surface area contributed by atoms with E-state index in [4.69, 9.17) is 10.5 Å². The molecule has 0 radical (unpaired) electrons. The van der Waals surface area contributed by atoms with Gasteiger partial charge < -0.3 is 15.8 Å². The van der Waals surface area contributed by atoms with Gasteiger partial charge in [-0.15, -0.1) is 0 Å². The zero-order chi connectivity index (χ0) is 15.3. The third-order valence-electron chi connectivity index (χ3n) is 3.24. The molecule has 3 N–H and O–H groups in total. The lowest BCUT2D eigenvalue weighted by atomic mass is 9.93. The van der Waals surface area contributed by atoms with Crippen LogP contribution in [0.3, 0.4) is 0 Å². The molecule has 0 saturated carbocycles. The molecule has 0 aliphatic rings. The normalized spacial score (nSPS) is 11.0. The highest BCUT2D eigenvalue weighted by Crippen LogP contribution is 2.16. The van der Waals surface area contributed by atoms with Crippen molar-refractivity contribution in [2.24, 2.45) is 11.1 Å². The Balaban J connectivity index is 2.44. The van der Waals surface area contributed by atoms with Crippen LogP contribution in [0.15, 0.2) is 18.2 Å². The second-order valence-corrected chi connectivity index (χ2v) is 5.56. The summed E-state index contributed by atoms with van der Waals surface area (Å²) in [6.07, 6.45) is 0. The lowest BCUT2D eigenvalue weighted by Crippen LogP contribution is -2.43. The Morgan fingerprint density at radius 3 is 2.45 bits per heavy atom. The smallest absolute Gasteiger partial charge is 0.257 e. The van der Waals surface area contributed by atoms with Crippen molar-refractivity contribution in [1.82, 2.24) is 5.32 Å². The molecule has 0 heterocycles. The van der Waals surface area contributed by atoms with Crippen LogP contribution in [-0.4, -0.2) is 25.0 Å². The van der Waals surface area contributed by atoms with Crippen molar-refractivity contribution in [3.05, 3.63) is 29.3 Å². The number of rotatable bonds is 6. The standard InChI is InChI=1S/C15H22N2O3/c1-10-5-6-12(7-11(10)2)20-8-13(18)17-9-15(3,4)14(16)19/h5-7H,8-9H2,1-4H3,(H2,16,19)(H,17,18). The van der Waals surface area contributed by atoms with Gasteiger partial charge in [-0.3, -0.25) is 9.59 Å². The van der Waals surface area contributed by atoms with E-state index in [1.807, 2.05) is 32.0 Å². The van der Waals surface area contributed by atoms with Crippen molar-refractivity contribution in [1.29, 1.82) is 0 Å². The summed E-state index contributed by atoms with van der Waals surface area (Å²) in [4.78, 5) is 22.8. The fourth-order valence-electron chi connectivity index (χ4n) is 1.41. The Kier molecular flexibility index (Phi) is 5.13. The number of nitrogens with one attached hydrogen (secondary N) is 1. The molecule has 1 rings (SSSR count). The van der Waals surface area contributed by atoms with Gasteiger partial charge in [-0.1, -0.05) is 6.07 Å². The van der Waals surface area contributed by atoms with E-state index >= 15 is 0 Å². The number of carbonyl (C=O) groups is 2. The van der Waals surface area contributed by atoms with Crippen LogP contribution in [-0.2, 0) is 9.59 Å². The van der Waals surface area contributed by atoms with Crippen molar-refractivity contribution in [3.8, 4) is 5.75 Å². The molecule has 0 saturated heterocycles. The van der Waals surface area contributed by atoms with Crippen molar-refractivity contribution in [3.63, 3.8) is 0 Å². The van der Waals surface area contributed by atoms with E-state index in [0.29, 0.717) is 5.75 Å². The van der Waals surface area contributed by atoms with Crippen molar-refractivity contribution < 1.29 is 14.3 Å². The largest absolute Gasteiger partial charge is 0.484 e. The molecule has 110 valence electrons. The van der Waals surface area contributed by atoms with Gasteiger partial charge >= 0.3 is 0 Å². The second kappa shape index (κ2) is 6.41. The molecule has 0 aromatic heterocycles. The van der Waals surface area contributed by atoms with Crippen molar-refractivity contribution >= 4 is 11.8 Å². The van der Waals surface area contributed by atoms with Crippen LogP contribution in [0.5, 0.6) is 5.75 Å². The molecule has 5 heteroatoms. The Morgan fingerprint density at radius 1 is 1.25 bits per heavy atom. The first-order valence-electron chi connectivity index (χ1n) is 6.49. The molecule has 20 heavy (non-hydrogen) atoms. The first kappa shape index (κ1) is 16.0. The molecule has 0 atom stereocenters. The van der Waals surface area contributed by atoms with Gasteiger partial charge in [-0.2, -0.15) is 0 Å². The van der Waals surface area contributed by atoms with Crippen LogP contribution in [0, 0.1) is 19.3 Å². The molecule has 5 nitrogen and oxygen atoms in total. The topological polar surface area (TPSA) is 81.4 Å².